The van der Waals surface area contributed by atoms with E-state index in [4.69, 9.17) is 0 Å². The Morgan fingerprint density at radius 2 is 2.12 bits per heavy atom. The van der Waals surface area contributed by atoms with E-state index in [2.05, 4.69) is 21.6 Å². The number of rotatable bonds is 4. The Morgan fingerprint density at radius 3 is 2.75 bits per heavy atom. The molecule has 0 unspecified atom stereocenters. The lowest BCUT2D eigenvalue weighted by Gasteiger charge is -2.25. The highest BCUT2D eigenvalue weighted by atomic mass is 32.1. The van der Waals surface area contributed by atoms with Crippen LogP contribution in [-0.4, -0.2) is 27.1 Å². The molecule has 1 aliphatic carbocycles. The molecule has 1 fully saturated rings. The van der Waals surface area contributed by atoms with E-state index >= 15 is 0 Å². The van der Waals surface area contributed by atoms with Crippen LogP contribution in [0.25, 0.3) is 0 Å². The third kappa shape index (κ3) is 3.15. The molecule has 0 atom stereocenters. The van der Waals surface area contributed by atoms with Crippen molar-refractivity contribution in [3.8, 4) is 0 Å². The van der Waals surface area contributed by atoms with Gasteiger partial charge in [-0.15, -0.1) is 0 Å². The molecule has 1 heterocycles. The van der Waals surface area contributed by atoms with Crippen LogP contribution in [0.4, 0.5) is 5.13 Å². The Kier molecular flexibility index (Phi) is 4.12. The molecule has 0 aromatic carbocycles. The third-order valence-electron chi connectivity index (χ3n) is 3.14. The average Bonchev–Trinajstić information content (AvgIpc) is 2.76. The molecule has 5 heteroatoms. The number of aliphatic hydroxyl groups excluding tert-OH is 1. The van der Waals surface area contributed by atoms with Crippen molar-refractivity contribution in [3.05, 3.63) is 5.82 Å². The molecule has 16 heavy (non-hydrogen) atoms. The number of aliphatic hydroxyl groups is 1. The summed E-state index contributed by atoms with van der Waals surface area (Å²) in [5, 5.41) is 13.7. The summed E-state index contributed by atoms with van der Waals surface area (Å²) in [6, 6.07) is 0. The van der Waals surface area contributed by atoms with E-state index in [1.807, 2.05) is 0 Å². The van der Waals surface area contributed by atoms with Crippen LogP contribution in [0.3, 0.4) is 0 Å². The first-order valence-corrected chi connectivity index (χ1v) is 6.79. The second-order valence-electron chi connectivity index (χ2n) is 4.42. The number of anilines is 1. The third-order valence-corrected chi connectivity index (χ3v) is 3.85. The highest BCUT2D eigenvalue weighted by Crippen LogP contribution is 2.24. The van der Waals surface area contributed by atoms with Crippen molar-refractivity contribution in [2.24, 2.45) is 5.92 Å². The number of hydrogen-bond acceptors (Lipinski definition) is 5. The molecule has 0 spiro atoms. The van der Waals surface area contributed by atoms with E-state index in [0.717, 1.165) is 49.6 Å². The van der Waals surface area contributed by atoms with Crippen LogP contribution in [0, 0.1) is 5.92 Å². The Labute approximate surface area is 100 Å². The number of aryl methyl sites for hydroxylation is 1. The second kappa shape index (κ2) is 5.59. The van der Waals surface area contributed by atoms with Crippen LogP contribution in [0.15, 0.2) is 0 Å². The Balaban J connectivity index is 1.74. The topological polar surface area (TPSA) is 58.0 Å². The lowest BCUT2D eigenvalue weighted by molar-refractivity contribution is 0.111. The standard InChI is InChI=1S/C11H19N3OS/c1-2-10-13-11(16-14-10)12-7-8-3-5-9(15)6-4-8/h8-9,15H,2-7H2,1H3,(H,12,13,14). The summed E-state index contributed by atoms with van der Waals surface area (Å²) in [4.78, 5) is 4.37. The summed E-state index contributed by atoms with van der Waals surface area (Å²) in [7, 11) is 0. The number of hydrogen-bond donors (Lipinski definition) is 2. The molecule has 0 bridgehead atoms. The smallest absolute Gasteiger partial charge is 0.202 e. The van der Waals surface area contributed by atoms with E-state index in [-0.39, 0.29) is 6.10 Å². The normalized spacial score (nSPS) is 25.6. The van der Waals surface area contributed by atoms with Crippen LogP contribution in [0.5, 0.6) is 0 Å². The minimum absolute atomic E-state index is 0.0653. The van der Waals surface area contributed by atoms with Gasteiger partial charge in [0.2, 0.25) is 5.13 Å². The predicted molar refractivity (Wildman–Crippen MR) is 65.7 cm³/mol. The van der Waals surface area contributed by atoms with Gasteiger partial charge in [0.15, 0.2) is 0 Å². The van der Waals surface area contributed by atoms with Gasteiger partial charge in [0, 0.05) is 24.5 Å². The summed E-state index contributed by atoms with van der Waals surface area (Å²) in [6.45, 7) is 3.03. The molecule has 0 amide bonds. The van der Waals surface area contributed by atoms with E-state index in [0.29, 0.717) is 5.92 Å². The maximum Gasteiger partial charge on any atom is 0.202 e. The first-order chi connectivity index (χ1) is 7.78. The molecular formula is C11H19N3OS. The van der Waals surface area contributed by atoms with Crippen molar-refractivity contribution >= 4 is 16.7 Å². The first-order valence-electron chi connectivity index (χ1n) is 6.02. The van der Waals surface area contributed by atoms with E-state index in [9.17, 15) is 5.11 Å². The van der Waals surface area contributed by atoms with E-state index in [1.165, 1.54) is 11.5 Å². The molecule has 2 N–H and O–H groups in total. The molecule has 1 aromatic heterocycles. The molecule has 1 aromatic rings. The Morgan fingerprint density at radius 1 is 1.38 bits per heavy atom. The number of nitrogens with zero attached hydrogens (tertiary/aromatic N) is 2. The molecule has 1 aliphatic rings. The maximum absolute atomic E-state index is 9.41. The summed E-state index contributed by atoms with van der Waals surface area (Å²) < 4.78 is 4.24. The van der Waals surface area contributed by atoms with Gasteiger partial charge in [-0.2, -0.15) is 4.37 Å². The SMILES string of the molecule is CCc1nsc(NCC2CCC(O)CC2)n1. The highest BCUT2D eigenvalue weighted by molar-refractivity contribution is 7.09. The fraction of sp³-hybridized carbons (Fsp3) is 0.818. The fourth-order valence-corrected chi connectivity index (χ4v) is 2.71. The van der Waals surface area contributed by atoms with Crippen LogP contribution >= 0.6 is 11.5 Å². The molecule has 90 valence electrons. The lowest BCUT2D eigenvalue weighted by Crippen LogP contribution is -2.23. The van der Waals surface area contributed by atoms with Gasteiger partial charge in [0.05, 0.1) is 6.10 Å². The molecular weight excluding hydrogens is 222 g/mol. The lowest BCUT2D eigenvalue weighted by atomic mass is 9.87. The molecule has 0 aliphatic heterocycles. The Hall–Kier alpha value is -0.680. The van der Waals surface area contributed by atoms with Crippen LogP contribution in [-0.2, 0) is 6.42 Å². The summed E-state index contributed by atoms with van der Waals surface area (Å²) in [6.07, 6.45) is 4.96. The van der Waals surface area contributed by atoms with Crippen LogP contribution < -0.4 is 5.32 Å². The van der Waals surface area contributed by atoms with Crippen molar-refractivity contribution in [1.82, 2.24) is 9.36 Å². The van der Waals surface area contributed by atoms with Gasteiger partial charge in [-0.25, -0.2) is 4.98 Å². The maximum atomic E-state index is 9.41. The zero-order chi connectivity index (χ0) is 11.4. The second-order valence-corrected chi connectivity index (χ2v) is 5.18. The summed E-state index contributed by atoms with van der Waals surface area (Å²) in [5.74, 6) is 1.60. The van der Waals surface area contributed by atoms with E-state index < -0.39 is 0 Å². The Bertz CT molecular complexity index is 321. The number of aromatic nitrogens is 2. The largest absolute Gasteiger partial charge is 0.393 e. The van der Waals surface area contributed by atoms with Crippen molar-refractivity contribution in [1.29, 1.82) is 0 Å². The van der Waals surface area contributed by atoms with Gasteiger partial charge in [0.25, 0.3) is 0 Å². The first kappa shape index (κ1) is 11.8. The predicted octanol–water partition coefficient (Wildman–Crippen LogP) is 2.06. The quantitative estimate of drug-likeness (QED) is 0.847. The molecule has 0 radical (unpaired) electrons. The molecule has 2 rings (SSSR count). The van der Waals surface area contributed by atoms with E-state index in [1.54, 1.807) is 0 Å². The molecule has 0 saturated heterocycles. The average molecular weight is 241 g/mol. The summed E-state index contributed by atoms with van der Waals surface area (Å²) in [5.41, 5.74) is 0. The van der Waals surface area contributed by atoms with Crippen molar-refractivity contribution in [2.45, 2.75) is 45.1 Å². The van der Waals surface area contributed by atoms with Gasteiger partial charge < -0.3 is 10.4 Å². The number of nitrogens with one attached hydrogen (secondary N) is 1. The van der Waals surface area contributed by atoms with Crippen LogP contribution in [0.2, 0.25) is 0 Å². The molecule has 4 nitrogen and oxygen atoms in total. The monoisotopic (exact) mass is 241 g/mol. The minimum atomic E-state index is -0.0653. The fourth-order valence-electron chi connectivity index (χ4n) is 2.05. The van der Waals surface area contributed by atoms with Gasteiger partial charge in [-0.1, -0.05) is 6.92 Å². The zero-order valence-corrected chi connectivity index (χ0v) is 10.5. The molecule has 1 saturated carbocycles. The minimum Gasteiger partial charge on any atom is -0.393 e. The van der Waals surface area contributed by atoms with Gasteiger partial charge in [-0.05, 0) is 31.6 Å². The summed E-state index contributed by atoms with van der Waals surface area (Å²) >= 11 is 1.44. The zero-order valence-electron chi connectivity index (χ0n) is 9.65. The van der Waals surface area contributed by atoms with Gasteiger partial charge >= 0.3 is 0 Å². The van der Waals surface area contributed by atoms with Crippen molar-refractivity contribution in [2.75, 3.05) is 11.9 Å². The van der Waals surface area contributed by atoms with Gasteiger partial charge in [0.1, 0.15) is 5.82 Å². The van der Waals surface area contributed by atoms with Crippen molar-refractivity contribution in [3.63, 3.8) is 0 Å². The van der Waals surface area contributed by atoms with Crippen LogP contribution in [0.1, 0.15) is 38.4 Å². The van der Waals surface area contributed by atoms with Crippen molar-refractivity contribution < 1.29 is 5.11 Å². The highest BCUT2D eigenvalue weighted by Gasteiger charge is 2.19. The van der Waals surface area contributed by atoms with Gasteiger partial charge in [-0.3, -0.25) is 0 Å².